The molecule has 4 heteroatoms. The quantitative estimate of drug-likeness (QED) is 0.181. The second kappa shape index (κ2) is 10.8. The largest absolute Gasteiger partial charge is 0.310 e. The average molecular weight is 673 g/mol. The van der Waals surface area contributed by atoms with E-state index in [0.717, 1.165) is 22.7 Å². The highest BCUT2D eigenvalue weighted by atomic mass is 32.1. The van der Waals surface area contributed by atoms with Crippen LogP contribution in [0.4, 0.5) is 17.1 Å². The van der Waals surface area contributed by atoms with Crippen molar-refractivity contribution < 1.29 is 0 Å². The Morgan fingerprint density at radius 2 is 1.08 bits per heavy atom. The highest BCUT2D eigenvalue weighted by molar-refractivity contribution is 7.26. The lowest BCUT2D eigenvalue weighted by molar-refractivity contribution is 1.18. The molecule has 8 aromatic carbocycles. The van der Waals surface area contributed by atoms with Gasteiger partial charge in [0.2, 0.25) is 0 Å². The SMILES string of the molecule is c1ccc(-n2c3ccccc3c3c(N(c4ccc5c(c4)sc4c6ccccc6ccc54)c4ccc5sc6ccccc6c5c4)cccc32)cc1. The first-order valence-corrected chi connectivity index (χ1v) is 18.6. The maximum Gasteiger partial charge on any atom is 0.0562 e. The van der Waals surface area contributed by atoms with E-state index in [2.05, 4.69) is 179 Å². The van der Waals surface area contributed by atoms with Gasteiger partial charge in [-0.05, 0) is 77.5 Å². The van der Waals surface area contributed by atoms with Crippen molar-refractivity contribution >= 4 is 113 Å². The van der Waals surface area contributed by atoms with Crippen molar-refractivity contribution in [2.75, 3.05) is 4.90 Å². The van der Waals surface area contributed by atoms with E-state index in [0.29, 0.717) is 0 Å². The summed E-state index contributed by atoms with van der Waals surface area (Å²) in [5.74, 6) is 0. The molecule has 11 aromatic rings. The van der Waals surface area contributed by atoms with Crippen LogP contribution in [0.2, 0.25) is 0 Å². The van der Waals surface area contributed by atoms with E-state index in [9.17, 15) is 0 Å². The summed E-state index contributed by atoms with van der Waals surface area (Å²) >= 11 is 3.76. The molecule has 0 unspecified atom stereocenters. The first kappa shape index (κ1) is 28.0. The highest BCUT2D eigenvalue weighted by Crippen LogP contribution is 2.47. The van der Waals surface area contributed by atoms with Gasteiger partial charge in [-0.2, -0.15) is 0 Å². The number of benzene rings is 8. The molecule has 50 heavy (non-hydrogen) atoms. The predicted molar refractivity (Wildman–Crippen MR) is 219 cm³/mol. The molecule has 0 aliphatic carbocycles. The molecule has 0 aliphatic rings. The minimum atomic E-state index is 1.15. The third-order valence-corrected chi connectivity index (χ3v) is 12.5. The van der Waals surface area contributed by atoms with Crippen LogP contribution in [0.25, 0.3) is 78.6 Å². The fourth-order valence-electron chi connectivity index (χ4n) is 7.95. The van der Waals surface area contributed by atoms with E-state index >= 15 is 0 Å². The number of hydrogen-bond acceptors (Lipinski definition) is 3. The molecule has 0 atom stereocenters. The molecular weight excluding hydrogens is 645 g/mol. The van der Waals surface area contributed by atoms with Gasteiger partial charge in [0.05, 0.1) is 16.7 Å². The van der Waals surface area contributed by atoms with Gasteiger partial charge in [0, 0.05) is 68.2 Å². The lowest BCUT2D eigenvalue weighted by Gasteiger charge is -2.27. The van der Waals surface area contributed by atoms with Crippen LogP contribution in [0, 0.1) is 0 Å². The Labute approximate surface area is 296 Å². The van der Waals surface area contributed by atoms with Gasteiger partial charge in [-0.15, -0.1) is 22.7 Å². The molecule has 3 heterocycles. The Bertz CT molecular complexity index is 3110. The van der Waals surface area contributed by atoms with Crippen molar-refractivity contribution in [2.24, 2.45) is 0 Å². The first-order chi connectivity index (χ1) is 24.8. The fourth-order valence-corrected chi connectivity index (χ4v) is 10.3. The predicted octanol–water partition coefficient (Wildman–Crippen LogP) is 14.1. The van der Waals surface area contributed by atoms with Crippen LogP contribution in [0.15, 0.2) is 170 Å². The van der Waals surface area contributed by atoms with Crippen molar-refractivity contribution in [1.82, 2.24) is 4.57 Å². The highest BCUT2D eigenvalue weighted by Gasteiger charge is 2.22. The van der Waals surface area contributed by atoms with Crippen molar-refractivity contribution in [3.63, 3.8) is 0 Å². The van der Waals surface area contributed by atoms with Gasteiger partial charge < -0.3 is 9.47 Å². The molecule has 0 amide bonds. The summed E-state index contributed by atoms with van der Waals surface area (Å²) in [5.41, 5.74) is 7.02. The lowest BCUT2D eigenvalue weighted by Crippen LogP contribution is -2.10. The molecule has 0 fully saturated rings. The van der Waals surface area contributed by atoms with Crippen LogP contribution in [0.1, 0.15) is 0 Å². The Balaban J connectivity index is 1.22. The van der Waals surface area contributed by atoms with Crippen LogP contribution in [0.5, 0.6) is 0 Å². The Kier molecular flexibility index (Phi) is 6.03. The molecule has 3 aromatic heterocycles. The second-order valence-corrected chi connectivity index (χ2v) is 15.1. The summed E-state index contributed by atoms with van der Waals surface area (Å²) in [6.07, 6.45) is 0. The topological polar surface area (TPSA) is 8.17 Å². The maximum atomic E-state index is 2.48. The number of para-hydroxylation sites is 2. The first-order valence-electron chi connectivity index (χ1n) is 16.9. The number of aromatic nitrogens is 1. The number of anilines is 3. The van der Waals surface area contributed by atoms with Crippen molar-refractivity contribution in [2.45, 2.75) is 0 Å². The normalized spacial score (nSPS) is 12.0. The summed E-state index contributed by atoms with van der Waals surface area (Å²) in [5, 5.41) is 10.3. The number of thiophene rings is 2. The van der Waals surface area contributed by atoms with Crippen LogP contribution < -0.4 is 4.90 Å². The van der Waals surface area contributed by atoms with E-state index in [-0.39, 0.29) is 0 Å². The Morgan fingerprint density at radius 3 is 2.00 bits per heavy atom. The van der Waals surface area contributed by atoms with Crippen molar-refractivity contribution in [3.8, 4) is 5.69 Å². The van der Waals surface area contributed by atoms with E-state index < -0.39 is 0 Å². The molecular formula is C46H28N2S2. The monoisotopic (exact) mass is 672 g/mol. The fraction of sp³-hybridized carbons (Fsp3) is 0. The molecule has 0 saturated carbocycles. The number of fused-ring (bicyclic) bond motifs is 11. The third-order valence-electron chi connectivity index (χ3n) is 10.2. The molecule has 11 rings (SSSR count). The summed E-state index contributed by atoms with van der Waals surface area (Å²) in [7, 11) is 0. The Hall–Kier alpha value is -5.94. The van der Waals surface area contributed by atoms with Crippen molar-refractivity contribution in [1.29, 1.82) is 0 Å². The van der Waals surface area contributed by atoms with E-state index in [4.69, 9.17) is 0 Å². The zero-order valence-corrected chi connectivity index (χ0v) is 28.5. The zero-order valence-electron chi connectivity index (χ0n) is 26.9. The van der Waals surface area contributed by atoms with Gasteiger partial charge in [-0.1, -0.05) is 103 Å². The van der Waals surface area contributed by atoms with Gasteiger partial charge >= 0.3 is 0 Å². The molecule has 234 valence electrons. The molecule has 0 spiro atoms. The summed E-state index contributed by atoms with van der Waals surface area (Å²) < 4.78 is 7.67. The van der Waals surface area contributed by atoms with Gasteiger partial charge in [0.1, 0.15) is 0 Å². The van der Waals surface area contributed by atoms with Gasteiger partial charge in [0.25, 0.3) is 0 Å². The number of nitrogens with zero attached hydrogens (tertiary/aromatic N) is 2. The summed E-state index contributed by atoms with van der Waals surface area (Å²) in [6, 6.07) is 62.4. The van der Waals surface area contributed by atoms with Crippen molar-refractivity contribution in [3.05, 3.63) is 170 Å². The minimum absolute atomic E-state index is 1.15. The van der Waals surface area contributed by atoms with Gasteiger partial charge in [0.15, 0.2) is 0 Å². The molecule has 2 nitrogen and oxygen atoms in total. The minimum Gasteiger partial charge on any atom is -0.310 e. The van der Waals surface area contributed by atoms with Gasteiger partial charge in [-0.3, -0.25) is 0 Å². The maximum absolute atomic E-state index is 2.48. The molecule has 0 aliphatic heterocycles. The average Bonchev–Trinajstić information content (AvgIpc) is 3.85. The zero-order chi connectivity index (χ0) is 32.8. The lowest BCUT2D eigenvalue weighted by atomic mass is 10.0. The number of rotatable bonds is 4. The smallest absolute Gasteiger partial charge is 0.0562 e. The molecule has 0 radical (unpaired) electrons. The van der Waals surface area contributed by atoms with Crippen LogP contribution in [-0.2, 0) is 0 Å². The molecule has 0 saturated heterocycles. The second-order valence-electron chi connectivity index (χ2n) is 12.9. The van der Waals surface area contributed by atoms with Crippen LogP contribution in [-0.4, -0.2) is 4.57 Å². The summed E-state index contributed by atoms with van der Waals surface area (Å²) in [4.78, 5) is 2.48. The third kappa shape index (κ3) is 4.07. The van der Waals surface area contributed by atoms with E-state index in [1.165, 1.54) is 72.9 Å². The standard InChI is InChI=1S/C46H28N2S2/c1-2-12-30(13-3-1)48-39-17-8-6-16-37(39)45-40(18-10-19-41(45)48)47(31-23-26-43-38(27-31)34-15-7-9-20-42(34)49-43)32-22-25-35-36-24-21-29-11-4-5-14-33(29)46(36)50-44(35)28-32/h1-28H. The van der Waals surface area contributed by atoms with Gasteiger partial charge in [-0.25, -0.2) is 0 Å². The van der Waals surface area contributed by atoms with Crippen LogP contribution in [0.3, 0.4) is 0 Å². The molecule has 0 bridgehead atoms. The van der Waals surface area contributed by atoms with Crippen LogP contribution >= 0.6 is 22.7 Å². The summed E-state index contributed by atoms with van der Waals surface area (Å²) in [6.45, 7) is 0. The molecule has 0 N–H and O–H groups in total. The number of hydrogen-bond donors (Lipinski definition) is 0. The van der Waals surface area contributed by atoms with E-state index in [1.807, 2.05) is 22.7 Å². The van der Waals surface area contributed by atoms with E-state index in [1.54, 1.807) is 0 Å². The Morgan fingerprint density at radius 1 is 0.400 bits per heavy atom.